The van der Waals surface area contributed by atoms with Gasteiger partial charge < -0.3 is 5.11 Å². The van der Waals surface area contributed by atoms with Crippen LogP contribution >= 0.6 is 0 Å². The van der Waals surface area contributed by atoms with Crippen molar-refractivity contribution >= 4 is 11.8 Å². The van der Waals surface area contributed by atoms with Crippen molar-refractivity contribution in [2.75, 3.05) is 0 Å². The number of hydrogen-bond acceptors (Lipinski definition) is 2. The molecule has 15 heavy (non-hydrogen) atoms. The van der Waals surface area contributed by atoms with E-state index in [9.17, 15) is 9.59 Å². The zero-order valence-electron chi connectivity index (χ0n) is 9.16. The second-order valence-corrected chi connectivity index (χ2v) is 4.13. The highest BCUT2D eigenvalue weighted by molar-refractivity contribution is 6.04. The normalized spacial score (nSPS) is 26.3. The minimum Gasteiger partial charge on any atom is -0.480 e. The van der Waals surface area contributed by atoms with Crippen LogP contribution in [-0.2, 0) is 9.59 Å². The predicted octanol–water partition coefficient (Wildman–Crippen LogP) is 2.56. The van der Waals surface area contributed by atoms with Crippen molar-refractivity contribution in [3.8, 4) is 0 Å². The Bertz CT molecular complexity index is 281. The first-order valence-electron chi connectivity index (χ1n) is 5.51. The van der Waals surface area contributed by atoms with Gasteiger partial charge in [-0.1, -0.05) is 12.2 Å². The largest absolute Gasteiger partial charge is 0.480 e. The summed E-state index contributed by atoms with van der Waals surface area (Å²) in [5, 5.41) is 9.15. The first-order valence-corrected chi connectivity index (χ1v) is 5.51. The molecule has 0 bridgehead atoms. The van der Waals surface area contributed by atoms with E-state index in [4.69, 9.17) is 5.11 Å². The summed E-state index contributed by atoms with van der Waals surface area (Å²) in [5.41, 5.74) is -1.05. The van der Waals surface area contributed by atoms with Crippen molar-refractivity contribution in [3.05, 3.63) is 12.2 Å². The first kappa shape index (κ1) is 12.0. The summed E-state index contributed by atoms with van der Waals surface area (Å²) in [6.07, 6.45) is 7.78. The summed E-state index contributed by atoms with van der Waals surface area (Å²) < 4.78 is 0. The van der Waals surface area contributed by atoms with E-state index in [0.29, 0.717) is 19.3 Å². The fraction of sp³-hybridized carbons (Fsp3) is 0.667. The molecule has 1 unspecified atom stereocenters. The number of carboxylic acids is 1. The van der Waals surface area contributed by atoms with Gasteiger partial charge in [-0.25, -0.2) is 0 Å². The summed E-state index contributed by atoms with van der Waals surface area (Å²) in [4.78, 5) is 22.8. The van der Waals surface area contributed by atoms with Gasteiger partial charge >= 0.3 is 5.97 Å². The van der Waals surface area contributed by atoms with Crippen LogP contribution in [0.15, 0.2) is 12.2 Å². The lowest BCUT2D eigenvalue weighted by Gasteiger charge is -2.21. The van der Waals surface area contributed by atoms with Gasteiger partial charge in [0, 0.05) is 6.42 Å². The van der Waals surface area contributed by atoms with Crippen LogP contribution in [-0.4, -0.2) is 16.9 Å². The third-order valence-electron chi connectivity index (χ3n) is 3.16. The number of unbranched alkanes of at least 4 members (excludes halogenated alkanes) is 1. The van der Waals surface area contributed by atoms with E-state index in [1.807, 2.05) is 19.1 Å². The van der Waals surface area contributed by atoms with Gasteiger partial charge in [-0.2, -0.15) is 0 Å². The zero-order valence-corrected chi connectivity index (χ0v) is 9.16. The number of Topliss-reactive ketones (excluding diaryl/α,β-unsaturated/α-hetero) is 1. The van der Waals surface area contributed by atoms with Crippen LogP contribution in [0.1, 0.15) is 45.4 Å². The fourth-order valence-corrected chi connectivity index (χ4v) is 2.22. The van der Waals surface area contributed by atoms with E-state index >= 15 is 0 Å². The molecule has 1 atom stereocenters. The standard InChI is InChI=1S/C12H18O3/c1-2-3-4-5-8-12(11(14)15)9-6-7-10(12)13/h2-3H,4-9H2,1H3,(H,14,15)/b3-2-. The highest BCUT2D eigenvalue weighted by atomic mass is 16.4. The summed E-state index contributed by atoms with van der Waals surface area (Å²) >= 11 is 0. The number of carboxylic acid groups (broad SMARTS) is 1. The predicted molar refractivity (Wildman–Crippen MR) is 57.6 cm³/mol. The van der Waals surface area contributed by atoms with Crippen LogP contribution < -0.4 is 0 Å². The second kappa shape index (κ2) is 5.10. The molecule has 1 saturated carbocycles. The highest BCUT2D eigenvalue weighted by Crippen LogP contribution is 2.39. The smallest absolute Gasteiger partial charge is 0.317 e. The molecule has 1 aliphatic rings. The van der Waals surface area contributed by atoms with E-state index in [0.717, 1.165) is 19.3 Å². The van der Waals surface area contributed by atoms with Crippen molar-refractivity contribution in [1.29, 1.82) is 0 Å². The average molecular weight is 210 g/mol. The lowest BCUT2D eigenvalue weighted by Crippen LogP contribution is -2.35. The van der Waals surface area contributed by atoms with E-state index in [1.165, 1.54) is 0 Å². The number of carbonyl (C=O) groups is 2. The van der Waals surface area contributed by atoms with Crippen LogP contribution in [0, 0.1) is 5.41 Å². The monoisotopic (exact) mass is 210 g/mol. The number of carbonyl (C=O) groups excluding carboxylic acids is 1. The minimum atomic E-state index is -1.05. The number of aliphatic carboxylic acids is 1. The number of hydrogen-bond donors (Lipinski definition) is 1. The van der Waals surface area contributed by atoms with Crippen LogP contribution in [0.25, 0.3) is 0 Å². The van der Waals surface area contributed by atoms with Gasteiger partial charge in [-0.3, -0.25) is 9.59 Å². The molecular weight excluding hydrogens is 192 g/mol. The fourth-order valence-electron chi connectivity index (χ4n) is 2.22. The molecule has 0 amide bonds. The summed E-state index contributed by atoms with van der Waals surface area (Å²) in [7, 11) is 0. The Hall–Kier alpha value is -1.12. The number of rotatable bonds is 5. The molecule has 1 rings (SSSR count). The van der Waals surface area contributed by atoms with Gasteiger partial charge in [0.05, 0.1) is 0 Å². The molecule has 0 aromatic rings. The first-order chi connectivity index (χ1) is 7.13. The average Bonchev–Trinajstić information content (AvgIpc) is 2.56. The van der Waals surface area contributed by atoms with E-state index in [1.54, 1.807) is 0 Å². The van der Waals surface area contributed by atoms with E-state index < -0.39 is 11.4 Å². The molecule has 1 N–H and O–H groups in total. The van der Waals surface area contributed by atoms with Gasteiger partial charge in [0.1, 0.15) is 11.2 Å². The lowest BCUT2D eigenvalue weighted by molar-refractivity contribution is -0.153. The molecule has 3 nitrogen and oxygen atoms in total. The molecule has 0 aromatic carbocycles. The van der Waals surface area contributed by atoms with Gasteiger partial charge in [-0.15, -0.1) is 0 Å². The Morgan fingerprint density at radius 1 is 1.60 bits per heavy atom. The molecular formula is C12H18O3. The lowest BCUT2D eigenvalue weighted by atomic mass is 9.80. The van der Waals surface area contributed by atoms with Crippen LogP contribution in [0.5, 0.6) is 0 Å². The molecule has 1 fully saturated rings. The Morgan fingerprint density at radius 2 is 2.33 bits per heavy atom. The molecule has 0 spiro atoms. The van der Waals surface area contributed by atoms with Crippen molar-refractivity contribution < 1.29 is 14.7 Å². The minimum absolute atomic E-state index is 0.0736. The van der Waals surface area contributed by atoms with Gasteiger partial charge in [0.25, 0.3) is 0 Å². The van der Waals surface area contributed by atoms with E-state index in [2.05, 4.69) is 0 Å². The van der Waals surface area contributed by atoms with Crippen LogP contribution in [0.3, 0.4) is 0 Å². The molecule has 0 heterocycles. The van der Waals surface area contributed by atoms with Gasteiger partial charge in [0.2, 0.25) is 0 Å². The van der Waals surface area contributed by atoms with Gasteiger partial charge in [0.15, 0.2) is 0 Å². The molecule has 0 radical (unpaired) electrons. The Kier molecular flexibility index (Phi) is 4.06. The Labute approximate surface area is 90.2 Å². The quantitative estimate of drug-likeness (QED) is 0.431. The summed E-state index contributed by atoms with van der Waals surface area (Å²) in [6, 6.07) is 0. The maximum absolute atomic E-state index is 11.6. The number of ketones is 1. The van der Waals surface area contributed by atoms with Crippen LogP contribution in [0.4, 0.5) is 0 Å². The highest BCUT2D eigenvalue weighted by Gasteiger charge is 2.47. The van der Waals surface area contributed by atoms with Crippen molar-refractivity contribution in [1.82, 2.24) is 0 Å². The zero-order chi connectivity index (χ0) is 11.3. The summed E-state index contributed by atoms with van der Waals surface area (Å²) in [5.74, 6) is -0.999. The van der Waals surface area contributed by atoms with Crippen molar-refractivity contribution in [3.63, 3.8) is 0 Å². The maximum atomic E-state index is 11.6. The molecule has 3 heteroatoms. The van der Waals surface area contributed by atoms with Gasteiger partial charge in [-0.05, 0) is 39.0 Å². The summed E-state index contributed by atoms with van der Waals surface area (Å²) in [6.45, 7) is 1.94. The topological polar surface area (TPSA) is 54.4 Å². The molecule has 1 aliphatic carbocycles. The Morgan fingerprint density at radius 3 is 2.80 bits per heavy atom. The molecule has 0 aromatic heterocycles. The maximum Gasteiger partial charge on any atom is 0.317 e. The number of allylic oxidation sites excluding steroid dienone is 2. The SMILES string of the molecule is C/C=C\CCCC1(C(=O)O)CCCC1=O. The van der Waals surface area contributed by atoms with E-state index in [-0.39, 0.29) is 5.78 Å². The second-order valence-electron chi connectivity index (χ2n) is 4.13. The van der Waals surface area contributed by atoms with Crippen molar-refractivity contribution in [2.45, 2.75) is 45.4 Å². The van der Waals surface area contributed by atoms with Crippen LogP contribution in [0.2, 0.25) is 0 Å². The molecule has 84 valence electrons. The molecule has 0 saturated heterocycles. The third kappa shape index (κ3) is 2.46. The molecule has 0 aliphatic heterocycles. The Balaban J connectivity index is 2.59. The third-order valence-corrected chi connectivity index (χ3v) is 3.16. The van der Waals surface area contributed by atoms with Crippen molar-refractivity contribution in [2.24, 2.45) is 5.41 Å².